The van der Waals surface area contributed by atoms with Gasteiger partial charge in [0.15, 0.2) is 5.60 Å². The van der Waals surface area contributed by atoms with Crippen LogP contribution in [0.2, 0.25) is 5.02 Å². The number of nitrogens with zero attached hydrogens (tertiary/aromatic N) is 1. The van der Waals surface area contributed by atoms with Crippen LogP contribution in [0.15, 0.2) is 48.5 Å². The van der Waals surface area contributed by atoms with Crippen molar-refractivity contribution in [1.82, 2.24) is 4.90 Å². The molecule has 40 heavy (non-hydrogen) atoms. The Morgan fingerprint density at radius 1 is 0.975 bits per heavy atom. The first-order valence-electron chi connectivity index (χ1n) is 13.1. The molecule has 2 aromatic rings. The van der Waals surface area contributed by atoms with E-state index in [0.29, 0.717) is 5.02 Å². The SMILES string of the molecule is CCOCC1(CCc2ccccc2)CCN(Cc2ccc(O)c(Cl)c2)CC1.O=C(O)CC(O)(CC(=O)O)C(=O)O. The Labute approximate surface area is 238 Å². The van der Waals surface area contributed by atoms with Crippen molar-refractivity contribution in [1.29, 1.82) is 0 Å². The Balaban J connectivity index is 0.000000366. The van der Waals surface area contributed by atoms with Crippen molar-refractivity contribution in [3.63, 3.8) is 0 Å². The average molecular weight is 580 g/mol. The Bertz CT molecular complexity index is 1100. The summed E-state index contributed by atoms with van der Waals surface area (Å²) in [5.74, 6) is -4.87. The van der Waals surface area contributed by atoms with Gasteiger partial charge in [-0.15, -0.1) is 0 Å². The van der Waals surface area contributed by atoms with E-state index in [4.69, 9.17) is 36.8 Å². The molecule has 0 radical (unpaired) electrons. The second kappa shape index (κ2) is 15.6. The molecule has 0 saturated carbocycles. The fourth-order valence-corrected chi connectivity index (χ4v) is 4.85. The minimum atomic E-state index is -2.74. The molecule has 0 aliphatic carbocycles. The van der Waals surface area contributed by atoms with Crippen LogP contribution in [0.3, 0.4) is 0 Å². The molecule has 0 bridgehead atoms. The predicted octanol–water partition coefficient (Wildman–Crippen LogP) is 4.05. The molecular formula is C29H38ClNO9. The van der Waals surface area contributed by atoms with E-state index in [9.17, 15) is 19.5 Å². The topological polar surface area (TPSA) is 165 Å². The second-order valence-corrected chi connectivity index (χ2v) is 10.6. The fourth-order valence-electron chi connectivity index (χ4n) is 4.65. The second-order valence-electron chi connectivity index (χ2n) is 10.2. The molecule has 2 aromatic carbocycles. The molecule has 5 N–H and O–H groups in total. The third-order valence-electron chi connectivity index (χ3n) is 7.02. The number of aliphatic hydroxyl groups is 1. The number of ether oxygens (including phenoxy) is 1. The number of halogens is 1. The summed E-state index contributed by atoms with van der Waals surface area (Å²) in [6.07, 6.45) is 2.32. The smallest absolute Gasteiger partial charge is 0.336 e. The molecule has 1 saturated heterocycles. The molecule has 1 fully saturated rings. The van der Waals surface area contributed by atoms with Crippen molar-refractivity contribution < 1.29 is 44.7 Å². The van der Waals surface area contributed by atoms with Crippen LogP contribution in [0.1, 0.15) is 50.2 Å². The molecule has 1 aliphatic rings. The third-order valence-corrected chi connectivity index (χ3v) is 7.32. The first-order valence-corrected chi connectivity index (χ1v) is 13.5. The number of benzene rings is 2. The van der Waals surface area contributed by atoms with Crippen LogP contribution in [0.25, 0.3) is 0 Å². The van der Waals surface area contributed by atoms with Gasteiger partial charge in [-0.2, -0.15) is 0 Å². The number of likely N-dealkylation sites (tertiary alicyclic amines) is 1. The monoisotopic (exact) mass is 579 g/mol. The lowest BCUT2D eigenvalue weighted by atomic mass is 9.74. The quantitative estimate of drug-likeness (QED) is 0.234. The lowest BCUT2D eigenvalue weighted by Gasteiger charge is -2.42. The molecule has 1 heterocycles. The van der Waals surface area contributed by atoms with Crippen LogP contribution in [-0.4, -0.2) is 80.2 Å². The Morgan fingerprint density at radius 3 is 2.08 bits per heavy atom. The Morgan fingerprint density at radius 2 is 1.57 bits per heavy atom. The van der Waals surface area contributed by atoms with Gasteiger partial charge in [0.2, 0.25) is 0 Å². The highest BCUT2D eigenvalue weighted by Crippen LogP contribution is 2.37. The maximum absolute atomic E-state index is 10.3. The van der Waals surface area contributed by atoms with Crippen molar-refractivity contribution in [3.05, 3.63) is 64.7 Å². The lowest BCUT2D eigenvalue weighted by Crippen LogP contribution is -2.42. The van der Waals surface area contributed by atoms with Gasteiger partial charge in [-0.1, -0.05) is 48.0 Å². The summed E-state index contributed by atoms with van der Waals surface area (Å²) in [6.45, 7) is 6.73. The van der Waals surface area contributed by atoms with E-state index >= 15 is 0 Å². The molecule has 0 amide bonds. The van der Waals surface area contributed by atoms with Crippen molar-refractivity contribution in [2.45, 2.75) is 57.6 Å². The van der Waals surface area contributed by atoms with E-state index < -0.39 is 36.4 Å². The zero-order valence-electron chi connectivity index (χ0n) is 22.6. The van der Waals surface area contributed by atoms with E-state index in [0.717, 1.165) is 57.7 Å². The van der Waals surface area contributed by atoms with Crippen LogP contribution in [0.4, 0.5) is 0 Å². The summed E-state index contributed by atoms with van der Waals surface area (Å²) in [5, 5.41) is 43.8. The van der Waals surface area contributed by atoms with Crippen LogP contribution in [0.5, 0.6) is 5.75 Å². The van der Waals surface area contributed by atoms with Gasteiger partial charge in [0, 0.05) is 13.2 Å². The minimum absolute atomic E-state index is 0.149. The number of aromatic hydroxyl groups is 1. The van der Waals surface area contributed by atoms with E-state index in [1.165, 1.54) is 12.0 Å². The average Bonchev–Trinajstić information content (AvgIpc) is 2.90. The highest BCUT2D eigenvalue weighted by atomic mass is 35.5. The molecule has 0 unspecified atom stereocenters. The largest absolute Gasteiger partial charge is 0.506 e. The first kappa shape index (κ1) is 33.0. The molecule has 0 spiro atoms. The summed E-state index contributed by atoms with van der Waals surface area (Å²) in [5.41, 5.74) is 0.0982. The normalized spacial score (nSPS) is 15.1. The van der Waals surface area contributed by atoms with Crippen LogP contribution in [-0.2, 0) is 32.1 Å². The standard InChI is InChI=1S/C23H30ClNO2.C6H8O7/c1-2-27-18-23(11-10-19-6-4-3-5-7-19)12-14-25(15-13-23)17-20-8-9-22(26)21(24)16-20;7-3(8)1-6(13,5(11)12)2-4(9)10/h3-9,16,26H,2,10-15,17-18H2,1H3;13H,1-2H2,(H,7,8)(H,9,10)(H,11,12). The molecule has 1 aliphatic heterocycles. The maximum atomic E-state index is 10.3. The maximum Gasteiger partial charge on any atom is 0.336 e. The number of rotatable bonds is 13. The number of aryl methyl sites for hydroxylation is 1. The van der Waals surface area contributed by atoms with Gasteiger partial charge in [0.1, 0.15) is 5.75 Å². The summed E-state index contributed by atoms with van der Waals surface area (Å²) in [4.78, 5) is 33.0. The molecule has 11 heteroatoms. The zero-order chi connectivity index (χ0) is 29.8. The molecule has 0 atom stereocenters. The van der Waals surface area contributed by atoms with Crippen molar-refractivity contribution in [2.75, 3.05) is 26.3 Å². The number of carboxylic acid groups (broad SMARTS) is 3. The number of hydrogen-bond donors (Lipinski definition) is 5. The van der Waals surface area contributed by atoms with Gasteiger partial charge < -0.3 is 30.3 Å². The van der Waals surface area contributed by atoms with Crippen molar-refractivity contribution in [2.24, 2.45) is 5.41 Å². The highest BCUT2D eigenvalue weighted by Gasteiger charge is 2.40. The number of aliphatic carboxylic acids is 3. The molecular weight excluding hydrogens is 542 g/mol. The summed E-state index contributed by atoms with van der Waals surface area (Å²) < 4.78 is 5.88. The predicted molar refractivity (Wildman–Crippen MR) is 148 cm³/mol. The first-order chi connectivity index (χ1) is 18.9. The number of carbonyl (C=O) groups is 3. The van der Waals surface area contributed by atoms with E-state index in [1.807, 2.05) is 12.1 Å². The van der Waals surface area contributed by atoms with Gasteiger partial charge in [0.25, 0.3) is 0 Å². The van der Waals surface area contributed by atoms with Gasteiger partial charge in [-0.25, -0.2) is 4.79 Å². The van der Waals surface area contributed by atoms with Gasteiger partial charge in [-0.3, -0.25) is 14.5 Å². The Hall–Kier alpha value is -3.18. The molecule has 10 nitrogen and oxygen atoms in total. The van der Waals surface area contributed by atoms with E-state index in [1.54, 1.807) is 6.07 Å². The number of carboxylic acids is 3. The third kappa shape index (κ3) is 10.8. The Kier molecular flexibility index (Phi) is 12.9. The van der Waals surface area contributed by atoms with Crippen LogP contribution < -0.4 is 0 Å². The minimum Gasteiger partial charge on any atom is -0.506 e. The fraction of sp³-hybridized carbons (Fsp3) is 0.483. The van der Waals surface area contributed by atoms with E-state index in [2.05, 4.69) is 42.2 Å². The molecule has 3 rings (SSSR count). The van der Waals surface area contributed by atoms with Crippen molar-refractivity contribution in [3.8, 4) is 5.75 Å². The summed E-state index contributed by atoms with van der Waals surface area (Å²) in [7, 11) is 0. The lowest BCUT2D eigenvalue weighted by molar-refractivity contribution is -0.170. The van der Waals surface area contributed by atoms with Gasteiger partial charge in [0.05, 0.1) is 24.5 Å². The summed E-state index contributed by atoms with van der Waals surface area (Å²) in [6, 6.07) is 16.3. The van der Waals surface area contributed by atoms with Crippen LogP contribution in [0, 0.1) is 5.41 Å². The molecule has 220 valence electrons. The highest BCUT2D eigenvalue weighted by molar-refractivity contribution is 6.32. The number of hydrogen-bond acceptors (Lipinski definition) is 7. The van der Waals surface area contributed by atoms with Crippen LogP contribution >= 0.6 is 11.6 Å². The number of piperidine rings is 1. The molecule has 0 aromatic heterocycles. The van der Waals surface area contributed by atoms with Gasteiger partial charge >= 0.3 is 17.9 Å². The summed E-state index contributed by atoms with van der Waals surface area (Å²) >= 11 is 6.05. The van der Waals surface area contributed by atoms with Crippen molar-refractivity contribution >= 4 is 29.5 Å². The number of phenolic OH excluding ortho intramolecular Hbond substituents is 1. The number of phenols is 1. The van der Waals surface area contributed by atoms with Gasteiger partial charge in [-0.05, 0) is 74.4 Å². The zero-order valence-corrected chi connectivity index (χ0v) is 23.3. The van der Waals surface area contributed by atoms with E-state index in [-0.39, 0.29) is 11.2 Å².